The predicted molar refractivity (Wildman–Crippen MR) is 68.1 cm³/mol. The second kappa shape index (κ2) is 6.68. The molecule has 1 heterocycles. The molecule has 0 aliphatic carbocycles. The normalized spacial score (nSPS) is 11.6. The summed E-state index contributed by atoms with van der Waals surface area (Å²) in [6.07, 6.45) is 3.70. The largest absolute Gasteiger partial charge is 0.311 e. The summed E-state index contributed by atoms with van der Waals surface area (Å²) < 4.78 is 24.0. The van der Waals surface area contributed by atoms with Gasteiger partial charge in [0.1, 0.15) is 0 Å². The highest BCUT2D eigenvalue weighted by Gasteiger charge is 2.00. The van der Waals surface area contributed by atoms with Gasteiger partial charge in [-0.25, -0.2) is 13.1 Å². The van der Waals surface area contributed by atoms with Gasteiger partial charge in [-0.3, -0.25) is 4.98 Å². The van der Waals surface area contributed by atoms with E-state index >= 15 is 0 Å². The third-order valence-electron chi connectivity index (χ3n) is 2.30. The van der Waals surface area contributed by atoms with Crippen LogP contribution in [0.3, 0.4) is 0 Å². The first-order valence-electron chi connectivity index (χ1n) is 5.55. The van der Waals surface area contributed by atoms with Gasteiger partial charge < -0.3 is 5.32 Å². The summed E-state index contributed by atoms with van der Waals surface area (Å²) in [7, 11) is -3.06. The van der Waals surface area contributed by atoms with Crippen LogP contribution in [0.4, 0.5) is 0 Å². The van der Waals surface area contributed by atoms with Gasteiger partial charge in [0, 0.05) is 19.3 Å². The van der Waals surface area contributed by atoms with Crippen LogP contribution in [0.25, 0.3) is 0 Å². The van der Waals surface area contributed by atoms with E-state index in [2.05, 4.69) is 15.0 Å². The Bertz CT molecular complexity index is 446. The van der Waals surface area contributed by atoms with Crippen LogP contribution in [-0.4, -0.2) is 32.7 Å². The minimum Gasteiger partial charge on any atom is -0.311 e. The summed E-state index contributed by atoms with van der Waals surface area (Å²) in [5.74, 6) is 0. The topological polar surface area (TPSA) is 71.1 Å². The molecule has 0 amide bonds. The number of aryl methyl sites for hydroxylation is 1. The molecule has 0 fully saturated rings. The molecule has 1 rings (SSSR count). The minimum absolute atomic E-state index is 0.465. The monoisotopic (exact) mass is 257 g/mol. The van der Waals surface area contributed by atoms with E-state index in [1.165, 1.54) is 0 Å². The van der Waals surface area contributed by atoms with Crippen LogP contribution in [0.5, 0.6) is 0 Å². The zero-order valence-corrected chi connectivity index (χ0v) is 11.0. The van der Waals surface area contributed by atoms with E-state index in [0.717, 1.165) is 30.5 Å². The Hall–Kier alpha value is -0.980. The number of hydrogen-bond donors (Lipinski definition) is 2. The van der Waals surface area contributed by atoms with E-state index in [0.29, 0.717) is 13.1 Å². The van der Waals surface area contributed by atoms with Gasteiger partial charge in [0.05, 0.1) is 11.9 Å². The summed E-state index contributed by atoms with van der Waals surface area (Å²) in [6, 6.07) is 3.93. The fourth-order valence-electron chi connectivity index (χ4n) is 1.38. The van der Waals surface area contributed by atoms with E-state index in [1.807, 2.05) is 19.1 Å². The molecule has 96 valence electrons. The van der Waals surface area contributed by atoms with Crippen molar-refractivity contribution in [2.45, 2.75) is 19.9 Å². The Morgan fingerprint density at radius 3 is 2.76 bits per heavy atom. The quantitative estimate of drug-likeness (QED) is 0.694. The van der Waals surface area contributed by atoms with Gasteiger partial charge >= 0.3 is 0 Å². The van der Waals surface area contributed by atoms with Crippen molar-refractivity contribution in [2.24, 2.45) is 0 Å². The smallest absolute Gasteiger partial charge is 0.208 e. The molecule has 0 atom stereocenters. The first kappa shape index (κ1) is 14.1. The van der Waals surface area contributed by atoms with Gasteiger partial charge in [-0.2, -0.15) is 0 Å². The molecule has 0 aliphatic rings. The molecule has 1 aromatic heterocycles. The molecule has 0 aromatic carbocycles. The average Bonchev–Trinajstić information content (AvgIpc) is 2.24. The Balaban J connectivity index is 2.15. The summed E-state index contributed by atoms with van der Waals surface area (Å²) in [5.41, 5.74) is 2.19. The number of aromatic nitrogens is 1. The molecule has 0 aliphatic heterocycles. The van der Waals surface area contributed by atoms with Gasteiger partial charge in [0.25, 0.3) is 0 Å². The standard InChI is InChI=1S/C11H19N3O2S/c1-10-5-3-7-13-11(10)9-12-6-4-8-14-17(2,15)16/h3,5,7,12,14H,4,6,8-9H2,1-2H3. The van der Waals surface area contributed by atoms with Crippen molar-refractivity contribution in [3.05, 3.63) is 29.6 Å². The molecular formula is C11H19N3O2S. The van der Waals surface area contributed by atoms with Crippen molar-refractivity contribution >= 4 is 10.0 Å². The SMILES string of the molecule is Cc1cccnc1CNCCCNS(C)(=O)=O. The average molecular weight is 257 g/mol. The van der Waals surface area contributed by atoms with Crippen LogP contribution < -0.4 is 10.0 Å². The fourth-order valence-corrected chi connectivity index (χ4v) is 1.90. The zero-order valence-electron chi connectivity index (χ0n) is 10.2. The second-order valence-corrected chi connectivity index (χ2v) is 5.80. The predicted octanol–water partition coefficient (Wildman–Crippen LogP) is 0.419. The number of hydrogen-bond acceptors (Lipinski definition) is 4. The highest BCUT2D eigenvalue weighted by Crippen LogP contribution is 2.01. The summed E-state index contributed by atoms with van der Waals surface area (Å²) in [4.78, 5) is 4.26. The van der Waals surface area contributed by atoms with Crippen molar-refractivity contribution in [3.8, 4) is 0 Å². The Kier molecular flexibility index (Phi) is 5.54. The third kappa shape index (κ3) is 6.35. The lowest BCUT2D eigenvalue weighted by molar-refractivity contribution is 0.578. The van der Waals surface area contributed by atoms with Crippen LogP contribution >= 0.6 is 0 Å². The third-order valence-corrected chi connectivity index (χ3v) is 3.03. The Morgan fingerprint density at radius 1 is 1.35 bits per heavy atom. The molecule has 1 aromatic rings. The van der Waals surface area contributed by atoms with E-state index in [-0.39, 0.29) is 0 Å². The fraction of sp³-hybridized carbons (Fsp3) is 0.545. The Labute approximate surface area is 103 Å². The molecular weight excluding hydrogens is 238 g/mol. The molecule has 0 saturated heterocycles. The maximum atomic E-state index is 10.8. The van der Waals surface area contributed by atoms with Crippen molar-refractivity contribution in [1.29, 1.82) is 0 Å². The molecule has 6 heteroatoms. The van der Waals surface area contributed by atoms with E-state index in [1.54, 1.807) is 6.20 Å². The van der Waals surface area contributed by atoms with Crippen molar-refractivity contribution in [2.75, 3.05) is 19.3 Å². The molecule has 2 N–H and O–H groups in total. The van der Waals surface area contributed by atoms with Crippen LogP contribution in [0.2, 0.25) is 0 Å². The van der Waals surface area contributed by atoms with E-state index in [4.69, 9.17) is 0 Å². The van der Waals surface area contributed by atoms with Gasteiger partial charge in [0.2, 0.25) is 10.0 Å². The maximum Gasteiger partial charge on any atom is 0.208 e. The maximum absolute atomic E-state index is 10.8. The van der Waals surface area contributed by atoms with Crippen LogP contribution in [-0.2, 0) is 16.6 Å². The number of pyridine rings is 1. The van der Waals surface area contributed by atoms with Gasteiger partial charge in [0.15, 0.2) is 0 Å². The van der Waals surface area contributed by atoms with Gasteiger partial charge in [-0.15, -0.1) is 0 Å². The summed E-state index contributed by atoms with van der Waals surface area (Å²) >= 11 is 0. The lowest BCUT2D eigenvalue weighted by Gasteiger charge is -2.06. The number of nitrogens with zero attached hydrogens (tertiary/aromatic N) is 1. The molecule has 5 nitrogen and oxygen atoms in total. The zero-order chi connectivity index (χ0) is 12.7. The number of nitrogens with one attached hydrogen (secondary N) is 2. The minimum atomic E-state index is -3.06. The molecule has 0 saturated carbocycles. The van der Waals surface area contributed by atoms with Crippen LogP contribution in [0.1, 0.15) is 17.7 Å². The number of rotatable bonds is 7. The van der Waals surface area contributed by atoms with Crippen LogP contribution in [0.15, 0.2) is 18.3 Å². The molecule has 0 spiro atoms. The Morgan fingerprint density at radius 2 is 2.12 bits per heavy atom. The first-order valence-corrected chi connectivity index (χ1v) is 7.44. The summed E-state index contributed by atoms with van der Waals surface area (Å²) in [6.45, 7) is 3.96. The first-order chi connectivity index (χ1) is 7.99. The molecule has 0 unspecified atom stereocenters. The van der Waals surface area contributed by atoms with Crippen molar-refractivity contribution in [1.82, 2.24) is 15.0 Å². The number of sulfonamides is 1. The highest BCUT2D eigenvalue weighted by atomic mass is 32.2. The highest BCUT2D eigenvalue weighted by molar-refractivity contribution is 7.88. The van der Waals surface area contributed by atoms with Crippen molar-refractivity contribution in [3.63, 3.8) is 0 Å². The van der Waals surface area contributed by atoms with Crippen LogP contribution in [0, 0.1) is 6.92 Å². The summed E-state index contributed by atoms with van der Waals surface area (Å²) in [5, 5.41) is 3.23. The molecule has 0 radical (unpaired) electrons. The van der Waals surface area contributed by atoms with Gasteiger partial charge in [-0.05, 0) is 31.5 Å². The van der Waals surface area contributed by atoms with Crippen molar-refractivity contribution < 1.29 is 8.42 Å². The van der Waals surface area contributed by atoms with Gasteiger partial charge in [-0.1, -0.05) is 6.07 Å². The van der Waals surface area contributed by atoms with E-state index < -0.39 is 10.0 Å². The lowest BCUT2D eigenvalue weighted by atomic mass is 10.2. The molecule has 17 heavy (non-hydrogen) atoms. The second-order valence-electron chi connectivity index (χ2n) is 3.96. The molecule has 0 bridgehead atoms. The van der Waals surface area contributed by atoms with E-state index in [9.17, 15) is 8.42 Å². The lowest BCUT2D eigenvalue weighted by Crippen LogP contribution is -2.26.